The maximum absolute atomic E-state index is 11.4. The molecule has 5 rings (SSSR count). The molecule has 2 N–H and O–H groups in total. The van der Waals surface area contributed by atoms with Crippen LogP contribution in [-0.2, 0) is 55.5 Å². The van der Waals surface area contributed by atoms with Crippen LogP contribution >= 0.6 is 23.5 Å². The molecular formula is C24H34N2O6S3. The second-order valence-electron chi connectivity index (χ2n) is 8.98. The van der Waals surface area contributed by atoms with Crippen LogP contribution < -0.4 is 0 Å². The summed E-state index contributed by atoms with van der Waals surface area (Å²) in [6.07, 6.45) is 4.07. The Hall–Kier alpha value is -1.53. The highest BCUT2D eigenvalue weighted by Crippen LogP contribution is 2.33. The third-order valence-corrected chi connectivity index (χ3v) is 9.81. The Morgan fingerprint density at radius 3 is 2.06 bits per heavy atom. The van der Waals surface area contributed by atoms with Crippen molar-refractivity contribution in [2.24, 2.45) is 5.92 Å². The van der Waals surface area contributed by atoms with E-state index >= 15 is 0 Å². The van der Waals surface area contributed by atoms with Crippen LogP contribution in [0.2, 0.25) is 0 Å². The molecule has 5 heterocycles. The minimum Gasteiger partial charge on any atom is -0.395 e. The van der Waals surface area contributed by atoms with Gasteiger partial charge in [0.2, 0.25) is 0 Å². The number of hydrogen-bond acceptors (Lipinski definition) is 8. The maximum atomic E-state index is 11.4. The van der Waals surface area contributed by atoms with Gasteiger partial charge < -0.3 is 19.3 Å². The number of hydrogen-bond donors (Lipinski definition) is 2. The molecule has 2 aromatic heterocycles. The third-order valence-electron chi connectivity index (χ3n) is 6.34. The van der Waals surface area contributed by atoms with E-state index in [-0.39, 0.29) is 42.2 Å². The average Bonchev–Trinajstić information content (AvgIpc) is 3.57. The van der Waals surface area contributed by atoms with Crippen LogP contribution in [0.1, 0.15) is 40.6 Å². The quantitative estimate of drug-likeness (QED) is 0.553. The summed E-state index contributed by atoms with van der Waals surface area (Å²) in [5.74, 6) is 3.62. The van der Waals surface area contributed by atoms with Crippen molar-refractivity contribution in [3.63, 3.8) is 0 Å². The fourth-order valence-corrected chi connectivity index (χ4v) is 8.58. The zero-order valence-electron chi connectivity index (χ0n) is 20.4. The number of aliphatic hydroxyl groups is 2. The standard InChI is InChI=1S/C9H13NO3S.C9H13NOS.C6H8O2S/c1-7-4-10(2-3-11)9-6-14(12,13)5-8(7)9;1-7-4-10(2-3-11)9-6-12-5-8(7)9;1-4(7)5-2-9-3-6(5)8/h4,11H,2-3,5-6H2,1H3;4,11H,2-3,5-6H2,1H3;5H,2-3H2,1H3. The number of rotatable bonds is 5. The second-order valence-corrected chi connectivity index (χ2v) is 13.1. The largest absolute Gasteiger partial charge is 0.395 e. The number of aromatic nitrogens is 2. The zero-order chi connectivity index (χ0) is 25.8. The maximum Gasteiger partial charge on any atom is 0.160 e. The number of aryl methyl sites for hydroxylation is 2. The molecule has 0 radical (unpaired) electrons. The molecule has 3 aliphatic heterocycles. The molecule has 0 aliphatic carbocycles. The highest BCUT2D eigenvalue weighted by Gasteiger charge is 2.29. The predicted octanol–water partition coefficient (Wildman–Crippen LogP) is 2.26. The van der Waals surface area contributed by atoms with Gasteiger partial charge in [0.1, 0.15) is 5.78 Å². The Kier molecular flexibility index (Phi) is 9.73. The van der Waals surface area contributed by atoms with Gasteiger partial charge in [0.25, 0.3) is 0 Å². The van der Waals surface area contributed by atoms with Crippen LogP contribution in [-0.4, -0.2) is 64.1 Å². The van der Waals surface area contributed by atoms with Crippen LogP contribution in [0.15, 0.2) is 12.4 Å². The van der Waals surface area contributed by atoms with E-state index in [0.29, 0.717) is 18.1 Å². The van der Waals surface area contributed by atoms with E-state index in [9.17, 15) is 18.0 Å². The lowest BCUT2D eigenvalue weighted by atomic mass is 10.0. The van der Waals surface area contributed by atoms with Crippen molar-refractivity contribution in [2.75, 3.05) is 24.7 Å². The highest BCUT2D eigenvalue weighted by molar-refractivity contribution is 8.00. The Morgan fingerprint density at radius 2 is 1.54 bits per heavy atom. The fourth-order valence-electron chi connectivity index (χ4n) is 4.47. The molecule has 8 nitrogen and oxygen atoms in total. The lowest BCUT2D eigenvalue weighted by Crippen LogP contribution is -2.18. The van der Waals surface area contributed by atoms with E-state index in [0.717, 1.165) is 34.9 Å². The van der Waals surface area contributed by atoms with Gasteiger partial charge in [-0.15, -0.1) is 0 Å². The van der Waals surface area contributed by atoms with Crippen LogP contribution in [0.25, 0.3) is 0 Å². The molecule has 1 saturated heterocycles. The number of carbonyl (C=O) groups is 2. The van der Waals surface area contributed by atoms with Crippen molar-refractivity contribution in [1.82, 2.24) is 9.13 Å². The SMILES string of the molecule is CC(=O)C1CSCC1=O.Cc1cn(CCO)c2c1CS(=O)(=O)C2.Cc1cn(CCO)c2c1CSC2. The van der Waals surface area contributed by atoms with E-state index in [1.54, 1.807) is 11.8 Å². The summed E-state index contributed by atoms with van der Waals surface area (Å²) in [5.41, 5.74) is 7.09. The van der Waals surface area contributed by atoms with E-state index in [2.05, 4.69) is 17.7 Å². The number of ketones is 2. The average molecular weight is 543 g/mol. The number of fused-ring (bicyclic) bond motifs is 2. The van der Waals surface area contributed by atoms with E-state index < -0.39 is 9.84 Å². The van der Waals surface area contributed by atoms with Crippen LogP contribution in [0.4, 0.5) is 0 Å². The first-order valence-corrected chi connectivity index (χ1v) is 15.7. The predicted molar refractivity (Wildman–Crippen MR) is 140 cm³/mol. The summed E-state index contributed by atoms with van der Waals surface area (Å²) in [4.78, 5) is 21.4. The zero-order valence-corrected chi connectivity index (χ0v) is 22.9. The summed E-state index contributed by atoms with van der Waals surface area (Å²) in [6, 6.07) is 0. The minimum absolute atomic E-state index is 0.0185. The van der Waals surface area contributed by atoms with Crippen molar-refractivity contribution in [3.8, 4) is 0 Å². The van der Waals surface area contributed by atoms with Crippen molar-refractivity contribution >= 4 is 44.9 Å². The summed E-state index contributed by atoms with van der Waals surface area (Å²) in [6.45, 7) is 7.05. The van der Waals surface area contributed by atoms with Gasteiger partial charge >= 0.3 is 0 Å². The second kappa shape index (κ2) is 12.1. The normalized spacial score (nSPS) is 19.5. The van der Waals surface area contributed by atoms with Gasteiger partial charge in [-0.05, 0) is 43.0 Å². The number of sulfone groups is 1. The van der Waals surface area contributed by atoms with Crippen molar-refractivity contribution in [3.05, 3.63) is 46.0 Å². The van der Waals surface area contributed by atoms with Crippen LogP contribution in [0.5, 0.6) is 0 Å². The van der Waals surface area contributed by atoms with Gasteiger partial charge in [-0.25, -0.2) is 8.42 Å². The molecular weight excluding hydrogens is 508 g/mol. The number of aliphatic hydroxyl groups excluding tert-OH is 2. The van der Waals surface area contributed by atoms with Gasteiger partial charge in [-0.2, -0.15) is 23.5 Å². The van der Waals surface area contributed by atoms with Gasteiger partial charge in [-0.1, -0.05) is 0 Å². The van der Waals surface area contributed by atoms with Crippen molar-refractivity contribution < 1.29 is 28.2 Å². The lowest BCUT2D eigenvalue weighted by molar-refractivity contribution is -0.128. The van der Waals surface area contributed by atoms with Crippen LogP contribution in [0.3, 0.4) is 0 Å². The fraction of sp³-hybridized carbons (Fsp3) is 0.583. The number of carbonyl (C=O) groups excluding carboxylic acids is 2. The number of thioether (sulfide) groups is 2. The molecule has 35 heavy (non-hydrogen) atoms. The monoisotopic (exact) mass is 542 g/mol. The van der Waals surface area contributed by atoms with E-state index in [1.807, 2.05) is 29.4 Å². The molecule has 11 heteroatoms. The summed E-state index contributed by atoms with van der Waals surface area (Å²) >= 11 is 3.51. The third kappa shape index (κ3) is 6.82. The summed E-state index contributed by atoms with van der Waals surface area (Å²) in [7, 11) is -2.93. The first-order valence-electron chi connectivity index (χ1n) is 11.5. The molecule has 0 amide bonds. The first kappa shape index (κ1) is 28.0. The molecule has 1 atom stereocenters. The Morgan fingerprint density at radius 1 is 0.943 bits per heavy atom. The molecule has 0 bridgehead atoms. The number of Topliss-reactive ketones (excluding diaryl/α,β-unsaturated/α-hetero) is 2. The van der Waals surface area contributed by atoms with Crippen LogP contribution in [0, 0.1) is 19.8 Å². The van der Waals surface area contributed by atoms with Gasteiger partial charge in [-0.3, -0.25) is 9.59 Å². The molecule has 0 aromatic carbocycles. The molecule has 194 valence electrons. The minimum atomic E-state index is -2.93. The Labute approximate surface area is 215 Å². The Balaban J connectivity index is 0.000000150. The molecule has 0 spiro atoms. The first-order chi connectivity index (χ1) is 16.6. The summed E-state index contributed by atoms with van der Waals surface area (Å²) in [5, 5.41) is 17.7. The van der Waals surface area contributed by atoms with E-state index in [1.165, 1.54) is 23.7 Å². The van der Waals surface area contributed by atoms with Gasteiger partial charge in [0, 0.05) is 54.1 Å². The molecule has 2 aromatic rings. The van der Waals surface area contributed by atoms with Gasteiger partial charge in [0.05, 0.1) is 36.4 Å². The Bertz CT molecular complexity index is 1180. The molecule has 1 fully saturated rings. The molecule has 3 aliphatic rings. The van der Waals surface area contributed by atoms with Gasteiger partial charge in [0.15, 0.2) is 15.6 Å². The van der Waals surface area contributed by atoms with Crippen molar-refractivity contribution in [1.29, 1.82) is 0 Å². The molecule has 0 saturated carbocycles. The summed E-state index contributed by atoms with van der Waals surface area (Å²) < 4.78 is 26.8. The smallest absolute Gasteiger partial charge is 0.160 e. The van der Waals surface area contributed by atoms with E-state index in [4.69, 9.17) is 10.2 Å². The molecule has 1 unspecified atom stereocenters. The highest BCUT2D eigenvalue weighted by atomic mass is 32.2. The lowest BCUT2D eigenvalue weighted by Gasteiger charge is -2.03. The number of nitrogens with zero attached hydrogens (tertiary/aromatic N) is 2. The van der Waals surface area contributed by atoms with Crippen molar-refractivity contribution in [2.45, 2.75) is 56.9 Å². The topological polar surface area (TPSA) is 119 Å².